The Morgan fingerprint density at radius 3 is 2.14 bits per heavy atom. The Morgan fingerprint density at radius 1 is 1.29 bits per heavy atom. The van der Waals surface area contributed by atoms with Crippen LogP contribution in [0.15, 0.2) is 0 Å². The van der Waals surface area contributed by atoms with E-state index in [9.17, 15) is 5.11 Å². The van der Waals surface area contributed by atoms with Gasteiger partial charge in [-0.1, -0.05) is 20.8 Å². The van der Waals surface area contributed by atoms with E-state index >= 15 is 0 Å². The van der Waals surface area contributed by atoms with E-state index in [2.05, 4.69) is 11.8 Å². The van der Waals surface area contributed by atoms with Crippen molar-refractivity contribution < 1.29 is 9.84 Å². The fourth-order valence-electron chi connectivity index (χ4n) is 1.70. The van der Waals surface area contributed by atoms with E-state index in [4.69, 9.17) is 4.74 Å². The Kier molecular flexibility index (Phi) is 7.15. The highest BCUT2D eigenvalue weighted by atomic mass is 16.5. The van der Waals surface area contributed by atoms with Crippen molar-refractivity contribution in [3.05, 3.63) is 0 Å². The van der Waals surface area contributed by atoms with Crippen LogP contribution >= 0.6 is 0 Å². The summed E-state index contributed by atoms with van der Waals surface area (Å²) < 4.78 is 4.98. The summed E-state index contributed by atoms with van der Waals surface area (Å²) in [5, 5.41) is 9.93. The summed E-state index contributed by atoms with van der Waals surface area (Å²) in [6.07, 6.45) is 1.68. The minimum Gasteiger partial charge on any atom is -0.387 e. The Morgan fingerprint density at radius 2 is 1.79 bits per heavy atom. The number of likely N-dealkylation sites (tertiary alicyclic amines) is 1. The van der Waals surface area contributed by atoms with Crippen molar-refractivity contribution in [2.45, 2.75) is 39.2 Å². The normalized spacial score (nSPS) is 21.2. The molecule has 0 aromatic carbocycles. The average molecular weight is 203 g/mol. The molecule has 3 nitrogen and oxygen atoms in total. The monoisotopic (exact) mass is 203 g/mol. The minimum atomic E-state index is -0.555. The highest BCUT2D eigenvalue weighted by Gasteiger charge is 2.31. The van der Waals surface area contributed by atoms with Gasteiger partial charge >= 0.3 is 0 Å². The van der Waals surface area contributed by atoms with Crippen LogP contribution in [0.25, 0.3) is 0 Å². The van der Waals surface area contributed by atoms with Crippen molar-refractivity contribution in [2.24, 2.45) is 0 Å². The highest BCUT2D eigenvalue weighted by molar-refractivity contribution is 4.85. The number of hydrogen-bond acceptors (Lipinski definition) is 3. The van der Waals surface area contributed by atoms with E-state index in [0.29, 0.717) is 6.61 Å². The van der Waals surface area contributed by atoms with E-state index < -0.39 is 5.60 Å². The molecule has 1 aliphatic heterocycles. The maximum absolute atomic E-state index is 9.93. The van der Waals surface area contributed by atoms with Gasteiger partial charge in [-0.25, -0.2) is 0 Å². The molecule has 0 aromatic heterocycles. The summed E-state index contributed by atoms with van der Waals surface area (Å²) in [6, 6.07) is 0. The molecule has 1 fully saturated rings. The maximum atomic E-state index is 9.93. The average Bonchev–Trinajstić information content (AvgIpc) is 2.22. The van der Waals surface area contributed by atoms with Crippen LogP contribution < -0.4 is 0 Å². The van der Waals surface area contributed by atoms with E-state index in [1.54, 1.807) is 7.11 Å². The summed E-state index contributed by atoms with van der Waals surface area (Å²) in [4.78, 5) is 2.35. The van der Waals surface area contributed by atoms with Gasteiger partial charge in [-0.15, -0.1) is 0 Å². The van der Waals surface area contributed by atoms with E-state index in [1.165, 1.54) is 0 Å². The molecule has 86 valence electrons. The van der Waals surface area contributed by atoms with Crippen LogP contribution in [0, 0.1) is 0 Å². The molecule has 0 atom stereocenters. The summed E-state index contributed by atoms with van der Waals surface area (Å²) in [5.41, 5.74) is -0.555. The van der Waals surface area contributed by atoms with Crippen LogP contribution in [0.4, 0.5) is 0 Å². The molecule has 0 unspecified atom stereocenters. The third-order valence-electron chi connectivity index (χ3n) is 2.65. The van der Waals surface area contributed by atoms with Crippen molar-refractivity contribution in [1.29, 1.82) is 0 Å². The fraction of sp³-hybridized carbons (Fsp3) is 1.00. The number of hydrogen-bond donors (Lipinski definition) is 1. The van der Waals surface area contributed by atoms with Crippen molar-refractivity contribution in [1.82, 2.24) is 4.90 Å². The van der Waals surface area contributed by atoms with Gasteiger partial charge in [0.05, 0.1) is 12.2 Å². The molecule has 0 aliphatic carbocycles. The van der Waals surface area contributed by atoms with Crippen molar-refractivity contribution in [2.75, 3.05) is 33.4 Å². The second kappa shape index (κ2) is 7.21. The minimum absolute atomic E-state index is 0.477. The topological polar surface area (TPSA) is 32.7 Å². The summed E-state index contributed by atoms with van der Waals surface area (Å²) in [5.74, 6) is 0. The van der Waals surface area contributed by atoms with Gasteiger partial charge in [-0.3, -0.25) is 0 Å². The first-order valence-electron chi connectivity index (χ1n) is 5.64. The molecule has 1 N–H and O–H groups in total. The van der Waals surface area contributed by atoms with Crippen LogP contribution in [0.2, 0.25) is 0 Å². The fourth-order valence-corrected chi connectivity index (χ4v) is 1.70. The quantitative estimate of drug-likeness (QED) is 0.754. The van der Waals surface area contributed by atoms with E-state index in [0.717, 1.165) is 32.5 Å². The molecule has 14 heavy (non-hydrogen) atoms. The molecule has 0 radical (unpaired) electrons. The lowest BCUT2D eigenvalue weighted by Crippen LogP contribution is -2.46. The number of aliphatic hydroxyl groups is 1. The third-order valence-corrected chi connectivity index (χ3v) is 2.65. The predicted octanol–water partition coefficient (Wildman–Crippen LogP) is 1.51. The molecule has 0 bridgehead atoms. The number of methoxy groups -OCH3 is 1. The lowest BCUT2D eigenvalue weighted by Gasteiger charge is -2.37. The van der Waals surface area contributed by atoms with Crippen LogP contribution in [0.3, 0.4) is 0 Å². The second-order valence-corrected chi connectivity index (χ2v) is 3.59. The van der Waals surface area contributed by atoms with Gasteiger partial charge in [0.1, 0.15) is 0 Å². The standard InChI is InChI=1S/C9H19NO2.C2H6/c1-3-10-6-4-9(11,5-7-10)8-12-2;1-2/h11H,3-8H2,1-2H3;1-2H3. The Bertz CT molecular complexity index is 131. The van der Waals surface area contributed by atoms with Gasteiger partial charge in [-0.05, 0) is 19.4 Å². The van der Waals surface area contributed by atoms with Gasteiger partial charge in [0.25, 0.3) is 0 Å². The molecule has 1 rings (SSSR count). The summed E-state index contributed by atoms with van der Waals surface area (Å²) in [6.45, 7) is 9.71. The number of rotatable bonds is 3. The second-order valence-electron chi connectivity index (χ2n) is 3.59. The van der Waals surface area contributed by atoms with Crippen molar-refractivity contribution in [3.8, 4) is 0 Å². The SMILES string of the molecule is CC.CCN1CCC(O)(COC)CC1. The predicted molar refractivity (Wildman–Crippen MR) is 59.5 cm³/mol. The molecule has 0 aromatic rings. The van der Waals surface area contributed by atoms with Crippen LogP contribution in [0.5, 0.6) is 0 Å². The third kappa shape index (κ3) is 4.40. The lowest BCUT2D eigenvalue weighted by atomic mass is 9.92. The zero-order chi connectivity index (χ0) is 11.0. The van der Waals surface area contributed by atoms with Gasteiger partial charge in [0.15, 0.2) is 0 Å². The zero-order valence-corrected chi connectivity index (χ0v) is 10.0. The molecule has 3 heteroatoms. The van der Waals surface area contributed by atoms with Crippen LogP contribution in [0.1, 0.15) is 33.6 Å². The molecular weight excluding hydrogens is 178 g/mol. The van der Waals surface area contributed by atoms with Gasteiger partial charge in [0.2, 0.25) is 0 Å². The first-order chi connectivity index (χ1) is 6.70. The zero-order valence-electron chi connectivity index (χ0n) is 10.0. The first-order valence-corrected chi connectivity index (χ1v) is 5.64. The Hall–Kier alpha value is -0.120. The van der Waals surface area contributed by atoms with Crippen LogP contribution in [-0.2, 0) is 4.74 Å². The van der Waals surface area contributed by atoms with E-state index in [1.807, 2.05) is 13.8 Å². The lowest BCUT2D eigenvalue weighted by molar-refractivity contribution is -0.0700. The summed E-state index contributed by atoms with van der Waals surface area (Å²) >= 11 is 0. The first kappa shape index (κ1) is 13.9. The van der Waals surface area contributed by atoms with E-state index in [-0.39, 0.29) is 0 Å². The number of ether oxygens (including phenoxy) is 1. The summed E-state index contributed by atoms with van der Waals surface area (Å²) in [7, 11) is 1.64. The molecule has 0 spiro atoms. The van der Waals surface area contributed by atoms with Crippen molar-refractivity contribution >= 4 is 0 Å². The van der Waals surface area contributed by atoms with Gasteiger partial charge < -0.3 is 14.7 Å². The Labute approximate surface area is 88.1 Å². The Balaban J connectivity index is 0.000000791. The van der Waals surface area contributed by atoms with Gasteiger partial charge in [0, 0.05) is 20.2 Å². The van der Waals surface area contributed by atoms with Crippen molar-refractivity contribution in [3.63, 3.8) is 0 Å². The molecular formula is C11H25NO2. The molecule has 1 heterocycles. The largest absolute Gasteiger partial charge is 0.387 e. The number of nitrogens with zero attached hydrogens (tertiary/aromatic N) is 1. The van der Waals surface area contributed by atoms with Crippen LogP contribution in [-0.4, -0.2) is 49.0 Å². The molecule has 0 amide bonds. The number of piperidine rings is 1. The molecule has 1 saturated heterocycles. The highest BCUT2D eigenvalue weighted by Crippen LogP contribution is 2.21. The smallest absolute Gasteiger partial charge is 0.0904 e. The maximum Gasteiger partial charge on any atom is 0.0904 e. The molecule has 0 saturated carbocycles. The van der Waals surface area contributed by atoms with Gasteiger partial charge in [-0.2, -0.15) is 0 Å². The molecule has 1 aliphatic rings.